The molecule has 4 heteroatoms. The molecule has 0 saturated carbocycles. The third-order valence-electron chi connectivity index (χ3n) is 1.96. The van der Waals surface area contributed by atoms with Crippen LogP contribution in [0.4, 0.5) is 0 Å². The van der Waals surface area contributed by atoms with E-state index >= 15 is 0 Å². The maximum atomic E-state index is 11.3. The number of esters is 1. The average Bonchev–Trinajstić information content (AvgIpc) is 2.18. The topological polar surface area (TPSA) is 43.4 Å². The molecular formula is C10H20O3S. The Morgan fingerprint density at radius 3 is 2.43 bits per heavy atom. The second-order valence-corrected chi connectivity index (χ2v) is 4.93. The summed E-state index contributed by atoms with van der Waals surface area (Å²) in [6.07, 6.45) is 4.38. The molecule has 84 valence electrons. The number of unbranched alkanes of at least 4 members (excludes halogenated alkanes) is 2. The zero-order valence-corrected chi connectivity index (χ0v) is 9.90. The van der Waals surface area contributed by atoms with E-state index in [9.17, 15) is 9.00 Å². The van der Waals surface area contributed by atoms with Crippen molar-refractivity contribution in [3.63, 3.8) is 0 Å². The largest absolute Gasteiger partial charge is 0.469 e. The van der Waals surface area contributed by atoms with E-state index < -0.39 is 10.8 Å². The van der Waals surface area contributed by atoms with E-state index in [4.69, 9.17) is 0 Å². The number of rotatable bonds is 8. The van der Waals surface area contributed by atoms with Crippen molar-refractivity contribution in [3.8, 4) is 0 Å². The van der Waals surface area contributed by atoms with Crippen molar-refractivity contribution in [2.24, 2.45) is 0 Å². The van der Waals surface area contributed by atoms with Crippen LogP contribution in [0.15, 0.2) is 0 Å². The SMILES string of the molecule is CCCCCS(=O)CCCC(=O)OC. The summed E-state index contributed by atoms with van der Waals surface area (Å²) in [5.74, 6) is 1.18. The van der Waals surface area contributed by atoms with Gasteiger partial charge < -0.3 is 4.74 Å². The minimum absolute atomic E-state index is 0.212. The van der Waals surface area contributed by atoms with Gasteiger partial charge in [0.1, 0.15) is 0 Å². The van der Waals surface area contributed by atoms with Crippen LogP contribution < -0.4 is 0 Å². The minimum Gasteiger partial charge on any atom is -0.469 e. The molecule has 0 amide bonds. The fourth-order valence-electron chi connectivity index (χ4n) is 1.09. The minimum atomic E-state index is -0.748. The monoisotopic (exact) mass is 220 g/mol. The van der Waals surface area contributed by atoms with E-state index in [-0.39, 0.29) is 5.97 Å². The Morgan fingerprint density at radius 2 is 1.86 bits per heavy atom. The van der Waals surface area contributed by atoms with Gasteiger partial charge in [-0.1, -0.05) is 19.8 Å². The molecule has 3 nitrogen and oxygen atoms in total. The van der Waals surface area contributed by atoms with Gasteiger partial charge in [-0.15, -0.1) is 0 Å². The highest BCUT2D eigenvalue weighted by molar-refractivity contribution is 7.84. The van der Waals surface area contributed by atoms with Crippen LogP contribution in [-0.2, 0) is 20.3 Å². The van der Waals surface area contributed by atoms with Crippen molar-refractivity contribution in [1.82, 2.24) is 0 Å². The summed E-state index contributed by atoms with van der Waals surface area (Å²) < 4.78 is 15.8. The molecule has 0 radical (unpaired) electrons. The molecule has 0 fully saturated rings. The molecule has 0 spiro atoms. The van der Waals surface area contributed by atoms with Gasteiger partial charge in [-0.25, -0.2) is 0 Å². The maximum Gasteiger partial charge on any atom is 0.305 e. The number of carbonyl (C=O) groups excluding carboxylic acids is 1. The van der Waals surface area contributed by atoms with Gasteiger partial charge in [-0.2, -0.15) is 0 Å². The van der Waals surface area contributed by atoms with Gasteiger partial charge in [-0.3, -0.25) is 9.00 Å². The van der Waals surface area contributed by atoms with E-state index in [0.717, 1.165) is 25.0 Å². The predicted octanol–water partition coefficient (Wildman–Crippen LogP) is 1.88. The second kappa shape index (κ2) is 9.19. The third-order valence-corrected chi connectivity index (χ3v) is 3.44. The molecule has 0 aliphatic carbocycles. The van der Waals surface area contributed by atoms with E-state index in [1.54, 1.807) is 0 Å². The van der Waals surface area contributed by atoms with Crippen LogP contribution in [0.5, 0.6) is 0 Å². The van der Waals surface area contributed by atoms with Gasteiger partial charge in [0.15, 0.2) is 0 Å². The summed E-state index contributed by atoms with van der Waals surface area (Å²) in [5, 5.41) is 0. The highest BCUT2D eigenvalue weighted by Crippen LogP contribution is 2.00. The van der Waals surface area contributed by atoms with Crippen LogP contribution in [0.1, 0.15) is 39.0 Å². The smallest absolute Gasteiger partial charge is 0.305 e. The quantitative estimate of drug-likeness (QED) is 0.463. The Morgan fingerprint density at radius 1 is 1.21 bits per heavy atom. The molecule has 0 aliphatic heterocycles. The summed E-state index contributed by atoms with van der Waals surface area (Å²) in [6.45, 7) is 2.13. The fourth-order valence-corrected chi connectivity index (χ4v) is 2.29. The summed E-state index contributed by atoms with van der Waals surface area (Å²) in [7, 11) is 0.628. The Balaban J connectivity index is 3.31. The molecule has 0 heterocycles. The Kier molecular flexibility index (Phi) is 8.94. The molecule has 0 rings (SSSR count). The fraction of sp³-hybridized carbons (Fsp3) is 0.900. The number of hydrogen-bond donors (Lipinski definition) is 0. The van der Waals surface area contributed by atoms with Crippen molar-refractivity contribution in [3.05, 3.63) is 0 Å². The van der Waals surface area contributed by atoms with Gasteiger partial charge in [0, 0.05) is 28.7 Å². The van der Waals surface area contributed by atoms with Crippen molar-refractivity contribution in [1.29, 1.82) is 0 Å². The summed E-state index contributed by atoms with van der Waals surface area (Å²) in [6, 6.07) is 0. The van der Waals surface area contributed by atoms with Crippen LogP contribution in [0.25, 0.3) is 0 Å². The molecule has 0 aromatic carbocycles. The molecule has 0 aromatic heterocycles. The second-order valence-electron chi connectivity index (χ2n) is 3.23. The van der Waals surface area contributed by atoms with Gasteiger partial charge in [0.25, 0.3) is 0 Å². The van der Waals surface area contributed by atoms with Crippen LogP contribution in [0, 0.1) is 0 Å². The molecule has 0 saturated heterocycles. The van der Waals surface area contributed by atoms with Gasteiger partial charge in [0.05, 0.1) is 7.11 Å². The molecule has 0 N–H and O–H groups in total. The lowest BCUT2D eigenvalue weighted by Crippen LogP contribution is -2.06. The third kappa shape index (κ3) is 8.23. The molecule has 14 heavy (non-hydrogen) atoms. The number of ether oxygens (including phenoxy) is 1. The zero-order valence-electron chi connectivity index (χ0n) is 9.08. The number of hydrogen-bond acceptors (Lipinski definition) is 3. The van der Waals surface area contributed by atoms with Crippen molar-refractivity contribution in [2.75, 3.05) is 18.6 Å². The standard InChI is InChI=1S/C10H20O3S/c1-3-4-5-8-14(12)9-6-7-10(11)13-2/h3-9H2,1-2H3. The molecule has 0 aliphatic rings. The Hall–Kier alpha value is -0.380. The van der Waals surface area contributed by atoms with Crippen molar-refractivity contribution in [2.45, 2.75) is 39.0 Å². The average molecular weight is 220 g/mol. The first-order chi connectivity index (χ1) is 6.70. The number of carbonyl (C=O) groups is 1. The van der Waals surface area contributed by atoms with Crippen molar-refractivity contribution >= 4 is 16.8 Å². The lowest BCUT2D eigenvalue weighted by atomic mass is 10.3. The molecular weight excluding hydrogens is 200 g/mol. The van der Waals surface area contributed by atoms with E-state index in [0.29, 0.717) is 18.6 Å². The van der Waals surface area contributed by atoms with Gasteiger partial charge in [-0.05, 0) is 12.8 Å². The lowest BCUT2D eigenvalue weighted by Gasteiger charge is -2.01. The summed E-state index contributed by atoms with van der Waals surface area (Å²) in [4.78, 5) is 10.7. The first-order valence-corrected chi connectivity index (χ1v) is 6.61. The zero-order chi connectivity index (χ0) is 10.8. The Bertz CT molecular complexity index is 180. The normalized spacial score (nSPS) is 12.4. The summed E-state index contributed by atoms with van der Waals surface area (Å²) in [5.41, 5.74) is 0. The van der Waals surface area contributed by atoms with Crippen LogP contribution in [0.2, 0.25) is 0 Å². The molecule has 1 unspecified atom stereocenters. The molecule has 1 atom stereocenters. The maximum absolute atomic E-state index is 11.3. The van der Waals surface area contributed by atoms with Gasteiger partial charge >= 0.3 is 5.97 Å². The van der Waals surface area contributed by atoms with E-state index in [1.165, 1.54) is 7.11 Å². The lowest BCUT2D eigenvalue weighted by molar-refractivity contribution is -0.140. The number of methoxy groups -OCH3 is 1. The summed E-state index contributed by atoms with van der Waals surface area (Å²) >= 11 is 0. The van der Waals surface area contributed by atoms with Crippen LogP contribution in [-0.4, -0.2) is 28.8 Å². The highest BCUT2D eigenvalue weighted by Gasteiger charge is 2.03. The molecule has 0 aromatic rings. The van der Waals surface area contributed by atoms with Crippen molar-refractivity contribution < 1.29 is 13.7 Å². The van der Waals surface area contributed by atoms with E-state index in [1.807, 2.05) is 0 Å². The first kappa shape index (κ1) is 13.6. The Labute approximate surface area is 88.7 Å². The predicted molar refractivity (Wildman–Crippen MR) is 58.7 cm³/mol. The molecule has 0 bridgehead atoms. The van der Waals surface area contributed by atoms with Crippen LogP contribution in [0.3, 0.4) is 0 Å². The van der Waals surface area contributed by atoms with Crippen LogP contribution >= 0.6 is 0 Å². The van der Waals surface area contributed by atoms with E-state index in [2.05, 4.69) is 11.7 Å². The van der Waals surface area contributed by atoms with Gasteiger partial charge in [0.2, 0.25) is 0 Å². The highest BCUT2D eigenvalue weighted by atomic mass is 32.2. The first-order valence-electron chi connectivity index (χ1n) is 5.12.